The van der Waals surface area contributed by atoms with E-state index in [1.807, 2.05) is 0 Å². The fourth-order valence-electron chi connectivity index (χ4n) is 1.39. The van der Waals surface area contributed by atoms with Gasteiger partial charge in [-0.1, -0.05) is 36.5 Å². The molecule has 0 amide bonds. The third-order valence-corrected chi connectivity index (χ3v) is 2.43. The maximum Gasteiger partial charge on any atom is 0.107 e. The first kappa shape index (κ1) is 12.6. The zero-order chi connectivity index (χ0) is 12.1. The Morgan fingerprint density at radius 2 is 2.06 bits per heavy atom. The highest BCUT2D eigenvalue weighted by molar-refractivity contribution is 7.80. The van der Waals surface area contributed by atoms with Gasteiger partial charge in [-0.05, 0) is 5.56 Å². The van der Waals surface area contributed by atoms with Gasteiger partial charge in [-0.25, -0.2) is 0 Å². The van der Waals surface area contributed by atoms with Crippen LogP contribution in [0, 0.1) is 11.3 Å². The van der Waals surface area contributed by atoms with Crippen molar-refractivity contribution in [2.75, 3.05) is 0 Å². The molecule has 0 fully saturated rings. The summed E-state index contributed by atoms with van der Waals surface area (Å²) >= 11 is 4.84. The van der Waals surface area contributed by atoms with Crippen LogP contribution in [0.15, 0.2) is 24.3 Å². The number of hydrogen-bond acceptors (Lipinski definition) is 4. The first-order valence-electron chi connectivity index (χ1n) is 4.69. The topological polar surface area (TPSA) is 90.3 Å². The van der Waals surface area contributed by atoms with E-state index in [1.54, 1.807) is 30.3 Å². The second-order valence-corrected chi connectivity index (χ2v) is 3.77. The minimum Gasteiger partial charge on any atom is -0.389 e. The van der Waals surface area contributed by atoms with Crippen molar-refractivity contribution in [2.24, 2.45) is 5.73 Å². The average molecular weight is 236 g/mol. The molecule has 0 spiro atoms. The normalized spacial score (nSPS) is 13.8. The number of nitrogens with zero attached hydrogens (tertiary/aromatic N) is 1. The van der Waals surface area contributed by atoms with Gasteiger partial charge in [0.05, 0.1) is 18.6 Å². The summed E-state index contributed by atoms with van der Waals surface area (Å²) in [5, 5.41) is 27.8. The summed E-state index contributed by atoms with van der Waals surface area (Å²) in [7, 11) is 0. The van der Waals surface area contributed by atoms with Gasteiger partial charge in [0.2, 0.25) is 0 Å². The largest absolute Gasteiger partial charge is 0.389 e. The van der Waals surface area contributed by atoms with E-state index in [-0.39, 0.29) is 11.4 Å². The molecule has 0 aromatic heterocycles. The van der Waals surface area contributed by atoms with E-state index in [1.165, 1.54) is 0 Å². The molecule has 0 heterocycles. The second kappa shape index (κ2) is 5.56. The Kier molecular flexibility index (Phi) is 4.38. The number of aliphatic hydroxyl groups is 2. The van der Waals surface area contributed by atoms with Crippen LogP contribution in [0.1, 0.15) is 23.7 Å². The summed E-state index contributed by atoms with van der Waals surface area (Å²) < 4.78 is 0. The number of rotatable bonds is 4. The van der Waals surface area contributed by atoms with E-state index < -0.39 is 12.2 Å². The first-order valence-corrected chi connectivity index (χ1v) is 5.10. The summed E-state index contributed by atoms with van der Waals surface area (Å²) in [6, 6.07) is 8.53. The van der Waals surface area contributed by atoms with Gasteiger partial charge in [0, 0.05) is 5.56 Å². The van der Waals surface area contributed by atoms with Crippen molar-refractivity contribution in [3.8, 4) is 6.07 Å². The summed E-state index contributed by atoms with van der Waals surface area (Å²) in [6.45, 7) is 0. The molecular formula is C11H12N2O2S. The van der Waals surface area contributed by atoms with Gasteiger partial charge in [-0.15, -0.1) is 0 Å². The monoisotopic (exact) mass is 236 g/mol. The van der Waals surface area contributed by atoms with Crippen molar-refractivity contribution >= 4 is 17.2 Å². The van der Waals surface area contributed by atoms with Crippen molar-refractivity contribution in [2.45, 2.75) is 18.6 Å². The maximum absolute atomic E-state index is 9.83. The molecule has 84 valence electrons. The van der Waals surface area contributed by atoms with Crippen LogP contribution in [0.3, 0.4) is 0 Å². The molecule has 1 aromatic carbocycles. The Balaban J connectivity index is 3.04. The van der Waals surface area contributed by atoms with Crippen molar-refractivity contribution in [1.29, 1.82) is 5.26 Å². The highest BCUT2D eigenvalue weighted by Gasteiger charge is 2.21. The average Bonchev–Trinajstić information content (AvgIpc) is 2.28. The van der Waals surface area contributed by atoms with Gasteiger partial charge < -0.3 is 15.9 Å². The molecule has 1 rings (SSSR count). The molecule has 16 heavy (non-hydrogen) atoms. The Morgan fingerprint density at radius 3 is 2.62 bits per heavy atom. The number of hydrogen-bond donors (Lipinski definition) is 3. The molecule has 4 N–H and O–H groups in total. The fourth-order valence-corrected chi connectivity index (χ4v) is 1.58. The molecular weight excluding hydrogens is 224 g/mol. The maximum atomic E-state index is 9.83. The summed E-state index contributed by atoms with van der Waals surface area (Å²) in [6.07, 6.45) is -2.44. The van der Waals surface area contributed by atoms with Crippen LogP contribution < -0.4 is 5.73 Å². The van der Waals surface area contributed by atoms with Gasteiger partial charge >= 0.3 is 0 Å². The molecule has 0 saturated carbocycles. The Hall–Kier alpha value is -1.48. The molecule has 0 saturated heterocycles. The van der Waals surface area contributed by atoms with Crippen LogP contribution in [0.5, 0.6) is 0 Å². The molecule has 4 nitrogen and oxygen atoms in total. The van der Waals surface area contributed by atoms with Crippen LogP contribution >= 0.6 is 12.2 Å². The summed E-state index contributed by atoms with van der Waals surface area (Å²) in [5.74, 6) is 0. The number of aliphatic hydroxyl groups excluding tert-OH is 2. The minimum absolute atomic E-state index is 0.146. The highest BCUT2D eigenvalue weighted by atomic mass is 32.1. The van der Waals surface area contributed by atoms with Crippen LogP contribution in [-0.2, 0) is 0 Å². The van der Waals surface area contributed by atoms with Crippen LogP contribution in [-0.4, -0.2) is 21.3 Å². The molecule has 0 bridgehead atoms. The molecule has 0 aliphatic heterocycles. The van der Waals surface area contributed by atoms with Gasteiger partial charge in [0.1, 0.15) is 11.1 Å². The summed E-state index contributed by atoms with van der Waals surface area (Å²) in [4.78, 5) is 0.152. The van der Waals surface area contributed by atoms with E-state index in [2.05, 4.69) is 0 Å². The van der Waals surface area contributed by atoms with Crippen LogP contribution in [0.2, 0.25) is 0 Å². The number of thiocarbonyl (C=S) groups is 1. The standard InChI is InChI=1S/C11H12N2O2S/c12-6-5-9(14)10(15)7-3-1-2-4-8(7)11(13)16/h1-4,9-10,14-15H,5H2,(H2,13,16). The van der Waals surface area contributed by atoms with Crippen molar-refractivity contribution in [3.63, 3.8) is 0 Å². The van der Waals surface area contributed by atoms with Crippen molar-refractivity contribution in [3.05, 3.63) is 35.4 Å². The van der Waals surface area contributed by atoms with Gasteiger partial charge in [0.25, 0.3) is 0 Å². The van der Waals surface area contributed by atoms with E-state index >= 15 is 0 Å². The van der Waals surface area contributed by atoms with E-state index in [0.717, 1.165) is 0 Å². The van der Waals surface area contributed by atoms with Crippen LogP contribution in [0.25, 0.3) is 0 Å². The molecule has 2 atom stereocenters. The molecule has 2 unspecified atom stereocenters. The number of nitriles is 1. The molecule has 0 aliphatic carbocycles. The smallest absolute Gasteiger partial charge is 0.107 e. The lowest BCUT2D eigenvalue weighted by Crippen LogP contribution is -2.21. The Morgan fingerprint density at radius 1 is 1.44 bits per heavy atom. The van der Waals surface area contributed by atoms with Crippen molar-refractivity contribution < 1.29 is 10.2 Å². The quantitative estimate of drug-likeness (QED) is 0.667. The lowest BCUT2D eigenvalue weighted by molar-refractivity contribution is 0.0215. The van der Waals surface area contributed by atoms with E-state index in [9.17, 15) is 10.2 Å². The second-order valence-electron chi connectivity index (χ2n) is 3.33. The Labute approximate surface area is 98.9 Å². The predicted molar refractivity (Wildman–Crippen MR) is 63.5 cm³/mol. The SMILES string of the molecule is N#CCC(O)C(O)c1ccccc1C(N)=S. The lowest BCUT2D eigenvalue weighted by Gasteiger charge is -2.18. The minimum atomic E-state index is -1.16. The molecule has 5 heteroatoms. The van der Waals surface area contributed by atoms with E-state index in [0.29, 0.717) is 11.1 Å². The molecule has 1 aromatic rings. The lowest BCUT2D eigenvalue weighted by atomic mass is 9.97. The van der Waals surface area contributed by atoms with Crippen molar-refractivity contribution in [1.82, 2.24) is 0 Å². The number of nitrogens with two attached hydrogens (primary N) is 1. The van der Waals surface area contributed by atoms with Gasteiger partial charge in [-0.3, -0.25) is 0 Å². The molecule has 0 radical (unpaired) electrons. The van der Waals surface area contributed by atoms with Gasteiger partial charge in [-0.2, -0.15) is 5.26 Å². The Bertz CT molecular complexity index is 428. The zero-order valence-corrected chi connectivity index (χ0v) is 9.31. The molecule has 0 aliphatic rings. The van der Waals surface area contributed by atoms with Gasteiger partial charge in [0.15, 0.2) is 0 Å². The third-order valence-electron chi connectivity index (χ3n) is 2.21. The van der Waals surface area contributed by atoms with Crippen LogP contribution in [0.4, 0.5) is 0 Å². The zero-order valence-electron chi connectivity index (χ0n) is 8.50. The number of benzene rings is 1. The first-order chi connectivity index (χ1) is 7.57. The summed E-state index contributed by atoms with van der Waals surface area (Å²) in [5.41, 5.74) is 6.46. The van der Waals surface area contributed by atoms with E-state index in [4.69, 9.17) is 23.2 Å². The third kappa shape index (κ3) is 2.76. The fraction of sp³-hybridized carbons (Fsp3) is 0.273. The predicted octanol–water partition coefficient (Wildman–Crippen LogP) is 0.629. The highest BCUT2D eigenvalue weighted by Crippen LogP contribution is 2.22.